The fourth-order valence-corrected chi connectivity index (χ4v) is 4.20. The van der Waals surface area contributed by atoms with Gasteiger partial charge in [0.15, 0.2) is 0 Å². The number of ether oxygens (including phenoxy) is 1. The predicted molar refractivity (Wildman–Crippen MR) is 121 cm³/mol. The van der Waals surface area contributed by atoms with Crippen LogP contribution in [-0.4, -0.2) is 48.9 Å². The van der Waals surface area contributed by atoms with Gasteiger partial charge in [0.25, 0.3) is 11.5 Å². The van der Waals surface area contributed by atoms with Gasteiger partial charge in [0.2, 0.25) is 10.0 Å². The van der Waals surface area contributed by atoms with E-state index in [0.29, 0.717) is 0 Å². The van der Waals surface area contributed by atoms with Crippen molar-refractivity contribution in [2.24, 2.45) is 0 Å². The monoisotopic (exact) mass is 460 g/mol. The van der Waals surface area contributed by atoms with Crippen LogP contribution in [0.25, 0.3) is 10.9 Å². The molecule has 10 nitrogen and oxygen atoms in total. The van der Waals surface area contributed by atoms with Crippen LogP contribution in [-0.2, 0) is 16.6 Å². The zero-order chi connectivity index (χ0) is 23.6. The van der Waals surface area contributed by atoms with Gasteiger partial charge < -0.3 is 15.0 Å². The Balaban J connectivity index is 1.99. The second kappa shape index (κ2) is 8.97. The third kappa shape index (κ3) is 4.30. The Labute approximate surface area is 184 Å². The molecule has 0 atom stereocenters. The van der Waals surface area contributed by atoms with Crippen molar-refractivity contribution in [2.75, 3.05) is 26.0 Å². The van der Waals surface area contributed by atoms with E-state index in [2.05, 4.69) is 10.3 Å². The Kier molecular flexibility index (Phi) is 6.51. The maximum atomic E-state index is 12.8. The van der Waals surface area contributed by atoms with Crippen molar-refractivity contribution in [3.05, 3.63) is 62.8 Å². The molecule has 0 spiro atoms. The van der Waals surface area contributed by atoms with Crippen LogP contribution in [0.5, 0.6) is 5.75 Å². The van der Waals surface area contributed by atoms with E-state index in [0.717, 1.165) is 8.87 Å². The van der Waals surface area contributed by atoms with Crippen molar-refractivity contribution in [3.63, 3.8) is 0 Å². The largest absolute Gasteiger partial charge is 0.492 e. The van der Waals surface area contributed by atoms with Crippen molar-refractivity contribution >= 4 is 32.5 Å². The highest BCUT2D eigenvalue weighted by Crippen LogP contribution is 2.29. The van der Waals surface area contributed by atoms with E-state index in [9.17, 15) is 22.8 Å². The van der Waals surface area contributed by atoms with Crippen LogP contribution < -0.4 is 21.3 Å². The van der Waals surface area contributed by atoms with Gasteiger partial charge in [-0.1, -0.05) is 0 Å². The molecule has 0 fully saturated rings. The van der Waals surface area contributed by atoms with E-state index < -0.39 is 27.2 Å². The molecule has 2 N–H and O–H groups in total. The highest BCUT2D eigenvalue weighted by atomic mass is 32.2. The predicted octanol–water partition coefficient (Wildman–Crippen LogP) is 1.61. The summed E-state index contributed by atoms with van der Waals surface area (Å²) in [5, 5.41) is 2.92. The minimum atomic E-state index is -3.82. The summed E-state index contributed by atoms with van der Waals surface area (Å²) in [7, 11) is -1.01. The SMILES string of the molecule is CCOc1ccc(NC(=O)c2ccc3c(=O)n(CC)c(=O)[nH]c3c2)cc1S(=O)(=O)N(C)C. The quantitative estimate of drug-likeness (QED) is 0.551. The lowest BCUT2D eigenvalue weighted by Gasteiger charge is -2.16. The van der Waals surface area contributed by atoms with Gasteiger partial charge >= 0.3 is 5.69 Å². The first-order valence-corrected chi connectivity index (χ1v) is 11.3. The summed E-state index contributed by atoms with van der Waals surface area (Å²) in [5.74, 6) is -0.362. The Morgan fingerprint density at radius 1 is 1.12 bits per heavy atom. The van der Waals surface area contributed by atoms with Crippen molar-refractivity contribution in [1.29, 1.82) is 0 Å². The molecule has 0 aliphatic heterocycles. The zero-order valence-corrected chi connectivity index (χ0v) is 18.9. The number of hydrogen-bond donors (Lipinski definition) is 2. The number of aromatic nitrogens is 2. The third-order valence-electron chi connectivity index (χ3n) is 4.82. The van der Waals surface area contributed by atoms with Crippen molar-refractivity contribution < 1.29 is 17.9 Å². The van der Waals surface area contributed by atoms with E-state index >= 15 is 0 Å². The van der Waals surface area contributed by atoms with Crippen molar-refractivity contribution in [3.8, 4) is 5.75 Å². The second-order valence-electron chi connectivity index (χ2n) is 7.08. The summed E-state index contributed by atoms with van der Waals surface area (Å²) in [4.78, 5) is 39.8. The van der Waals surface area contributed by atoms with E-state index in [1.807, 2.05) is 0 Å². The number of nitrogens with zero attached hydrogens (tertiary/aromatic N) is 2. The molecule has 1 amide bonds. The average molecular weight is 461 g/mol. The van der Waals surface area contributed by atoms with E-state index in [4.69, 9.17) is 4.74 Å². The Morgan fingerprint density at radius 2 is 1.84 bits per heavy atom. The minimum absolute atomic E-state index is 0.0786. The number of fused-ring (bicyclic) bond motifs is 1. The average Bonchev–Trinajstić information content (AvgIpc) is 2.74. The molecular weight excluding hydrogens is 436 g/mol. The number of aromatic amines is 1. The van der Waals surface area contributed by atoms with Crippen LogP contribution in [0.15, 0.2) is 50.9 Å². The molecule has 0 bridgehead atoms. The smallest absolute Gasteiger partial charge is 0.328 e. The Morgan fingerprint density at radius 3 is 2.47 bits per heavy atom. The zero-order valence-electron chi connectivity index (χ0n) is 18.1. The Hall–Kier alpha value is -3.44. The summed E-state index contributed by atoms with van der Waals surface area (Å²) in [6, 6.07) is 8.65. The molecule has 11 heteroatoms. The lowest BCUT2D eigenvalue weighted by Crippen LogP contribution is -2.34. The summed E-state index contributed by atoms with van der Waals surface area (Å²) in [5.41, 5.74) is -0.336. The maximum absolute atomic E-state index is 12.8. The number of H-pyrrole nitrogens is 1. The molecule has 2 aromatic carbocycles. The number of rotatable bonds is 7. The number of anilines is 1. The second-order valence-corrected chi connectivity index (χ2v) is 9.20. The summed E-state index contributed by atoms with van der Waals surface area (Å²) in [6.45, 7) is 3.92. The molecule has 0 saturated carbocycles. The summed E-state index contributed by atoms with van der Waals surface area (Å²) >= 11 is 0. The molecule has 1 heterocycles. The van der Waals surface area contributed by atoms with Gasteiger partial charge in [-0.3, -0.25) is 14.2 Å². The Bertz CT molecular complexity index is 1410. The number of carbonyl (C=O) groups excluding carboxylic acids is 1. The van der Waals surface area contributed by atoms with E-state index in [1.54, 1.807) is 13.8 Å². The van der Waals surface area contributed by atoms with Crippen LogP contribution in [0, 0.1) is 0 Å². The fourth-order valence-electron chi connectivity index (χ4n) is 3.15. The van der Waals surface area contributed by atoms with Gasteiger partial charge in [0, 0.05) is 31.9 Å². The first-order valence-electron chi connectivity index (χ1n) is 9.87. The lowest BCUT2D eigenvalue weighted by atomic mass is 10.1. The van der Waals surface area contributed by atoms with Gasteiger partial charge in [-0.2, -0.15) is 0 Å². The maximum Gasteiger partial charge on any atom is 0.328 e. The number of hydrogen-bond acceptors (Lipinski definition) is 6. The third-order valence-corrected chi connectivity index (χ3v) is 6.66. The molecule has 32 heavy (non-hydrogen) atoms. The van der Waals surface area contributed by atoms with Gasteiger partial charge in [-0.25, -0.2) is 17.5 Å². The molecule has 0 aliphatic rings. The van der Waals surface area contributed by atoms with Crippen LogP contribution in [0.3, 0.4) is 0 Å². The normalized spacial score (nSPS) is 11.7. The minimum Gasteiger partial charge on any atom is -0.492 e. The number of carbonyl (C=O) groups is 1. The molecule has 0 aliphatic carbocycles. The highest BCUT2D eigenvalue weighted by Gasteiger charge is 2.23. The topological polar surface area (TPSA) is 131 Å². The van der Waals surface area contributed by atoms with Crippen molar-refractivity contribution in [2.45, 2.75) is 25.3 Å². The number of amides is 1. The number of nitrogens with one attached hydrogen (secondary N) is 2. The molecule has 0 saturated heterocycles. The van der Waals surface area contributed by atoms with Crippen LogP contribution in [0.4, 0.5) is 5.69 Å². The van der Waals surface area contributed by atoms with Crippen LogP contribution in [0.2, 0.25) is 0 Å². The molecule has 3 aromatic rings. The molecular formula is C21H24N4O6S. The van der Waals surface area contributed by atoms with E-state index in [1.165, 1.54) is 50.5 Å². The molecule has 3 rings (SSSR count). The fraction of sp³-hybridized carbons (Fsp3) is 0.286. The summed E-state index contributed by atoms with van der Waals surface area (Å²) in [6.07, 6.45) is 0. The molecule has 0 radical (unpaired) electrons. The first kappa shape index (κ1) is 23.2. The van der Waals surface area contributed by atoms with Gasteiger partial charge in [0.05, 0.1) is 17.5 Å². The van der Waals surface area contributed by atoms with Crippen LogP contribution >= 0.6 is 0 Å². The number of sulfonamides is 1. The molecule has 1 aromatic heterocycles. The first-order chi connectivity index (χ1) is 15.1. The number of benzene rings is 2. The van der Waals surface area contributed by atoms with Gasteiger partial charge in [-0.05, 0) is 50.2 Å². The molecule has 0 unspecified atom stereocenters. The van der Waals surface area contributed by atoms with Crippen LogP contribution in [0.1, 0.15) is 24.2 Å². The van der Waals surface area contributed by atoms with E-state index in [-0.39, 0.29) is 46.0 Å². The molecule has 170 valence electrons. The lowest BCUT2D eigenvalue weighted by molar-refractivity contribution is 0.102. The summed E-state index contributed by atoms with van der Waals surface area (Å²) < 4.78 is 32.9. The highest BCUT2D eigenvalue weighted by molar-refractivity contribution is 7.89. The van der Waals surface area contributed by atoms with Crippen molar-refractivity contribution in [1.82, 2.24) is 13.9 Å². The van der Waals surface area contributed by atoms with Gasteiger partial charge in [0.1, 0.15) is 10.6 Å². The van der Waals surface area contributed by atoms with Gasteiger partial charge in [-0.15, -0.1) is 0 Å². The standard InChI is InChI=1S/C21H24N4O6S/c1-5-25-20(27)15-9-7-13(11-16(15)23-21(25)28)19(26)22-14-8-10-17(31-6-2)18(12-14)32(29,30)24(3)4/h7-12H,5-6H2,1-4H3,(H,22,26)(H,23,28).